The van der Waals surface area contributed by atoms with Crippen molar-refractivity contribution in [2.45, 2.75) is 25.8 Å². The number of hydrogen-bond donors (Lipinski definition) is 2. The van der Waals surface area contributed by atoms with E-state index in [1.54, 1.807) is 13.2 Å². The summed E-state index contributed by atoms with van der Waals surface area (Å²) in [4.78, 5) is 10.5. The maximum Gasteiger partial charge on any atom is 0.304 e. The van der Waals surface area contributed by atoms with Gasteiger partial charge in [-0.3, -0.25) is 4.79 Å². The summed E-state index contributed by atoms with van der Waals surface area (Å²) in [5, 5.41) is 9.28. The van der Waals surface area contributed by atoms with Gasteiger partial charge in [0, 0.05) is 11.1 Å². The van der Waals surface area contributed by atoms with Crippen molar-refractivity contribution in [3.8, 4) is 5.75 Å². The number of aryl methyl sites for hydroxylation is 1. The number of aliphatic carboxylic acids is 1. The topological polar surface area (TPSA) is 72.5 Å². The Bertz CT molecular complexity index is 420. The fourth-order valence-electron chi connectivity index (χ4n) is 1.62. The van der Waals surface area contributed by atoms with Crippen molar-refractivity contribution in [1.82, 2.24) is 0 Å². The maximum absolute atomic E-state index is 10.5. The van der Waals surface area contributed by atoms with Crippen molar-refractivity contribution in [2.75, 3.05) is 7.11 Å². The van der Waals surface area contributed by atoms with Crippen LogP contribution < -0.4 is 10.5 Å². The molecule has 0 radical (unpaired) electrons. The number of carboxylic acids is 1. The van der Waals surface area contributed by atoms with Gasteiger partial charge in [-0.25, -0.2) is 0 Å². The second kappa shape index (κ2) is 5.89. The lowest BCUT2D eigenvalue weighted by Crippen LogP contribution is -2.26. The van der Waals surface area contributed by atoms with Crippen LogP contribution in [0.2, 0.25) is 5.02 Å². The third-order valence-corrected chi connectivity index (χ3v) is 2.89. The van der Waals surface area contributed by atoms with E-state index in [0.29, 0.717) is 17.2 Å². The van der Waals surface area contributed by atoms with Gasteiger partial charge < -0.3 is 15.6 Å². The summed E-state index contributed by atoms with van der Waals surface area (Å²) < 4.78 is 5.23. The van der Waals surface area contributed by atoms with Crippen LogP contribution in [0, 0.1) is 6.92 Å². The van der Waals surface area contributed by atoms with E-state index >= 15 is 0 Å². The summed E-state index contributed by atoms with van der Waals surface area (Å²) in [5.74, 6) is -0.220. The van der Waals surface area contributed by atoms with Crippen LogP contribution in [0.15, 0.2) is 12.1 Å². The molecule has 0 heterocycles. The van der Waals surface area contributed by atoms with E-state index < -0.39 is 12.0 Å². The third-order valence-electron chi connectivity index (χ3n) is 2.48. The number of methoxy groups -OCH3 is 1. The largest absolute Gasteiger partial charge is 0.496 e. The highest BCUT2D eigenvalue weighted by molar-refractivity contribution is 6.31. The summed E-state index contributed by atoms with van der Waals surface area (Å²) in [5.41, 5.74) is 7.49. The standard InChI is InChI=1S/C12H16ClNO3/c1-7-3-11(17-2)8(5-10(7)13)4-9(14)6-12(15)16/h3,5,9H,4,6,14H2,1-2H3,(H,15,16). The summed E-state index contributed by atoms with van der Waals surface area (Å²) in [6.45, 7) is 1.88. The van der Waals surface area contributed by atoms with Gasteiger partial charge in [0.2, 0.25) is 0 Å². The van der Waals surface area contributed by atoms with E-state index in [1.807, 2.05) is 13.0 Å². The quantitative estimate of drug-likeness (QED) is 0.846. The second-order valence-electron chi connectivity index (χ2n) is 3.98. The fourth-order valence-corrected chi connectivity index (χ4v) is 1.81. The molecule has 0 spiro atoms. The van der Waals surface area contributed by atoms with Gasteiger partial charge in [-0.1, -0.05) is 11.6 Å². The van der Waals surface area contributed by atoms with E-state index in [2.05, 4.69) is 0 Å². The zero-order chi connectivity index (χ0) is 13.0. The average Bonchev–Trinajstić information content (AvgIpc) is 2.21. The summed E-state index contributed by atoms with van der Waals surface area (Å²) >= 11 is 6.02. The van der Waals surface area contributed by atoms with Gasteiger partial charge >= 0.3 is 5.97 Å². The lowest BCUT2D eigenvalue weighted by Gasteiger charge is -2.14. The number of ether oxygens (including phenoxy) is 1. The molecular weight excluding hydrogens is 242 g/mol. The number of nitrogens with two attached hydrogens (primary N) is 1. The number of rotatable bonds is 5. The first-order valence-corrected chi connectivity index (χ1v) is 5.62. The molecule has 1 rings (SSSR count). The van der Waals surface area contributed by atoms with Gasteiger partial charge in [0.15, 0.2) is 0 Å². The lowest BCUT2D eigenvalue weighted by molar-refractivity contribution is -0.137. The molecule has 0 aliphatic carbocycles. The van der Waals surface area contributed by atoms with Crippen LogP contribution in [0.5, 0.6) is 5.75 Å². The van der Waals surface area contributed by atoms with Crippen molar-refractivity contribution >= 4 is 17.6 Å². The predicted molar refractivity (Wildman–Crippen MR) is 66.7 cm³/mol. The van der Waals surface area contributed by atoms with E-state index in [-0.39, 0.29) is 6.42 Å². The van der Waals surface area contributed by atoms with Gasteiger partial charge in [0.05, 0.1) is 13.5 Å². The number of benzene rings is 1. The number of carbonyl (C=O) groups is 1. The Morgan fingerprint density at radius 1 is 1.59 bits per heavy atom. The van der Waals surface area contributed by atoms with E-state index in [9.17, 15) is 4.79 Å². The molecule has 5 heteroatoms. The SMILES string of the molecule is COc1cc(C)c(Cl)cc1CC(N)CC(=O)O. The van der Waals surface area contributed by atoms with Crippen molar-refractivity contribution in [3.63, 3.8) is 0 Å². The highest BCUT2D eigenvalue weighted by Gasteiger charge is 2.13. The number of halogens is 1. The van der Waals surface area contributed by atoms with Crippen LogP contribution >= 0.6 is 11.6 Å². The molecule has 0 saturated carbocycles. The minimum atomic E-state index is -0.908. The molecule has 1 atom stereocenters. The Labute approximate surface area is 105 Å². The first-order valence-electron chi connectivity index (χ1n) is 5.24. The number of hydrogen-bond acceptors (Lipinski definition) is 3. The molecule has 17 heavy (non-hydrogen) atoms. The van der Waals surface area contributed by atoms with Gasteiger partial charge in [0.25, 0.3) is 0 Å². The van der Waals surface area contributed by atoms with E-state index in [4.69, 9.17) is 27.2 Å². The highest BCUT2D eigenvalue weighted by Crippen LogP contribution is 2.27. The van der Waals surface area contributed by atoms with Crippen LogP contribution in [-0.2, 0) is 11.2 Å². The van der Waals surface area contributed by atoms with Crippen LogP contribution in [-0.4, -0.2) is 24.2 Å². The van der Waals surface area contributed by atoms with Crippen molar-refractivity contribution < 1.29 is 14.6 Å². The molecule has 1 unspecified atom stereocenters. The Hall–Kier alpha value is -1.26. The molecule has 4 nitrogen and oxygen atoms in total. The lowest BCUT2D eigenvalue weighted by atomic mass is 10.0. The Balaban J connectivity index is 2.89. The first kappa shape index (κ1) is 13.8. The molecule has 0 bridgehead atoms. The zero-order valence-corrected chi connectivity index (χ0v) is 10.6. The van der Waals surface area contributed by atoms with Crippen molar-refractivity contribution in [2.24, 2.45) is 5.73 Å². The highest BCUT2D eigenvalue weighted by atomic mass is 35.5. The van der Waals surface area contributed by atoms with Crippen molar-refractivity contribution in [1.29, 1.82) is 0 Å². The van der Waals surface area contributed by atoms with Crippen molar-refractivity contribution in [3.05, 3.63) is 28.3 Å². The molecule has 1 aromatic rings. The Kier molecular flexibility index (Phi) is 4.78. The molecule has 0 aliphatic heterocycles. The van der Waals surface area contributed by atoms with Gasteiger partial charge in [-0.2, -0.15) is 0 Å². The number of carboxylic acid groups (broad SMARTS) is 1. The maximum atomic E-state index is 10.5. The molecule has 0 fully saturated rings. The normalized spacial score (nSPS) is 12.2. The minimum absolute atomic E-state index is 0.0748. The summed E-state index contributed by atoms with van der Waals surface area (Å²) in [7, 11) is 1.56. The smallest absolute Gasteiger partial charge is 0.304 e. The fraction of sp³-hybridized carbons (Fsp3) is 0.417. The molecular formula is C12H16ClNO3. The molecule has 94 valence electrons. The predicted octanol–water partition coefficient (Wildman–Crippen LogP) is 2.00. The zero-order valence-electron chi connectivity index (χ0n) is 9.87. The molecule has 0 amide bonds. The summed E-state index contributed by atoms with van der Waals surface area (Å²) in [6, 6.07) is 3.16. The molecule has 0 saturated heterocycles. The van der Waals surface area contributed by atoms with Gasteiger partial charge in [-0.15, -0.1) is 0 Å². The second-order valence-corrected chi connectivity index (χ2v) is 4.38. The Morgan fingerprint density at radius 3 is 2.76 bits per heavy atom. The molecule has 0 aliphatic rings. The van der Waals surface area contributed by atoms with Crippen LogP contribution in [0.4, 0.5) is 0 Å². The monoisotopic (exact) mass is 257 g/mol. The first-order chi connectivity index (χ1) is 7.93. The van der Waals surface area contributed by atoms with Gasteiger partial charge in [0.1, 0.15) is 5.75 Å². The average molecular weight is 258 g/mol. The third kappa shape index (κ3) is 3.91. The van der Waals surface area contributed by atoms with Crippen LogP contribution in [0.1, 0.15) is 17.5 Å². The Morgan fingerprint density at radius 2 is 2.24 bits per heavy atom. The summed E-state index contributed by atoms with van der Waals surface area (Å²) in [6.07, 6.45) is 0.351. The molecule has 0 aromatic heterocycles. The van der Waals surface area contributed by atoms with E-state index in [1.165, 1.54) is 0 Å². The van der Waals surface area contributed by atoms with Crippen LogP contribution in [0.3, 0.4) is 0 Å². The minimum Gasteiger partial charge on any atom is -0.496 e. The van der Waals surface area contributed by atoms with E-state index in [0.717, 1.165) is 11.1 Å². The van der Waals surface area contributed by atoms with Crippen LogP contribution in [0.25, 0.3) is 0 Å². The molecule has 1 aromatic carbocycles. The van der Waals surface area contributed by atoms with Gasteiger partial charge in [-0.05, 0) is 36.6 Å². The molecule has 3 N–H and O–H groups in total.